The largest absolute Gasteiger partial charge is 0.465 e. The summed E-state index contributed by atoms with van der Waals surface area (Å²) in [5.74, 6) is -2.50. The Kier molecular flexibility index (Phi) is 9.98. The number of fused-ring (bicyclic) bond motifs is 1. The smallest absolute Gasteiger partial charge is 0.312 e. The van der Waals surface area contributed by atoms with Crippen LogP contribution in [0.5, 0.6) is 0 Å². The first-order valence-corrected chi connectivity index (χ1v) is 14.0. The van der Waals surface area contributed by atoms with Gasteiger partial charge in [-0.3, -0.25) is 14.4 Å². The number of esters is 1. The van der Waals surface area contributed by atoms with Gasteiger partial charge in [0.25, 0.3) is 0 Å². The van der Waals surface area contributed by atoms with Gasteiger partial charge in [-0.05, 0) is 44.9 Å². The molecule has 2 amide bonds. The summed E-state index contributed by atoms with van der Waals surface area (Å²) >= 11 is 0. The molecule has 1 spiro atoms. The molecule has 0 aromatic rings. The monoisotopic (exact) mass is 518 g/mol. The molecule has 3 saturated heterocycles. The van der Waals surface area contributed by atoms with E-state index in [1.807, 2.05) is 20.8 Å². The number of hydrogen-bond acceptors (Lipinski definition) is 6. The molecular weight excluding hydrogens is 472 g/mol. The van der Waals surface area contributed by atoms with Gasteiger partial charge >= 0.3 is 5.97 Å². The van der Waals surface area contributed by atoms with Crippen LogP contribution in [0.2, 0.25) is 0 Å². The summed E-state index contributed by atoms with van der Waals surface area (Å²) in [6.45, 7) is 16.0. The number of ether oxygens (including phenoxy) is 2. The summed E-state index contributed by atoms with van der Waals surface area (Å²) in [6, 6.07) is -1.51. The van der Waals surface area contributed by atoms with Crippen LogP contribution < -0.4 is 0 Å². The third-order valence-corrected chi connectivity index (χ3v) is 8.73. The van der Waals surface area contributed by atoms with Gasteiger partial charge in [-0.15, -0.1) is 13.2 Å². The Bertz CT molecular complexity index is 861. The van der Waals surface area contributed by atoms with E-state index in [4.69, 9.17) is 9.47 Å². The summed E-state index contributed by atoms with van der Waals surface area (Å²) in [7, 11) is 0. The molecule has 0 aliphatic carbocycles. The molecule has 3 aliphatic heterocycles. The Labute approximate surface area is 222 Å². The Morgan fingerprint density at radius 2 is 2.03 bits per heavy atom. The second kappa shape index (κ2) is 12.6. The standard InChI is InChI=1S/C29H46N2O6/c1-7-11-12-17-36-28(35)23-22-14-15-29(37-22)24(23)26(33)31(21(18-32)19(5)10-4)25(29)27(34)30(16-9-3)20(6)13-8-2/h7,9,19-25,32H,1,3,8,10-18H2,2,4-6H3/t19-,20?,21-,22-,23+,24-,25?,29?/m0/s1. The number of rotatable bonds is 15. The first-order chi connectivity index (χ1) is 17.7. The van der Waals surface area contributed by atoms with Crippen molar-refractivity contribution in [3.05, 3.63) is 25.3 Å². The molecule has 3 unspecified atom stereocenters. The Morgan fingerprint density at radius 3 is 2.62 bits per heavy atom. The number of carbonyl (C=O) groups is 3. The van der Waals surface area contributed by atoms with Crippen molar-refractivity contribution in [1.29, 1.82) is 0 Å². The maximum Gasteiger partial charge on any atom is 0.312 e. The van der Waals surface area contributed by atoms with E-state index in [1.165, 1.54) is 0 Å². The quantitative estimate of drug-likeness (QED) is 0.203. The average molecular weight is 519 g/mol. The van der Waals surface area contributed by atoms with Gasteiger partial charge in [0.15, 0.2) is 0 Å². The van der Waals surface area contributed by atoms with Crippen molar-refractivity contribution in [3.8, 4) is 0 Å². The fraction of sp³-hybridized carbons (Fsp3) is 0.759. The van der Waals surface area contributed by atoms with Gasteiger partial charge in [-0.1, -0.05) is 45.8 Å². The van der Waals surface area contributed by atoms with E-state index < -0.39 is 41.6 Å². The molecule has 37 heavy (non-hydrogen) atoms. The van der Waals surface area contributed by atoms with Crippen molar-refractivity contribution in [1.82, 2.24) is 9.80 Å². The summed E-state index contributed by atoms with van der Waals surface area (Å²) in [5, 5.41) is 10.4. The minimum Gasteiger partial charge on any atom is -0.465 e. The zero-order chi connectivity index (χ0) is 27.3. The number of hydrogen-bond donors (Lipinski definition) is 1. The minimum absolute atomic E-state index is 0.0399. The molecule has 0 saturated carbocycles. The molecule has 2 bridgehead atoms. The Morgan fingerprint density at radius 1 is 1.30 bits per heavy atom. The molecule has 3 fully saturated rings. The number of allylic oxidation sites excluding steroid dienone is 1. The second-order valence-corrected chi connectivity index (χ2v) is 11.0. The van der Waals surface area contributed by atoms with Crippen molar-refractivity contribution in [3.63, 3.8) is 0 Å². The molecule has 0 aromatic heterocycles. The van der Waals surface area contributed by atoms with Gasteiger partial charge in [0.1, 0.15) is 11.6 Å². The number of unbranched alkanes of at least 4 members (excludes halogenated alkanes) is 1. The number of aliphatic hydroxyl groups excluding tert-OH is 1. The lowest BCUT2D eigenvalue weighted by atomic mass is 9.70. The third-order valence-electron chi connectivity index (χ3n) is 8.73. The van der Waals surface area contributed by atoms with Crippen molar-refractivity contribution < 1.29 is 29.0 Å². The summed E-state index contributed by atoms with van der Waals surface area (Å²) < 4.78 is 12.1. The predicted octanol–water partition coefficient (Wildman–Crippen LogP) is 3.48. The zero-order valence-corrected chi connectivity index (χ0v) is 23.1. The van der Waals surface area contributed by atoms with Crippen LogP contribution in [0.25, 0.3) is 0 Å². The Hall–Kier alpha value is -2.19. The van der Waals surface area contributed by atoms with Gasteiger partial charge in [0.2, 0.25) is 11.8 Å². The SMILES string of the molecule is C=CCCCOC(=O)[C@@H]1[C@@H]2CCC3(O2)C(C(=O)N(CC=C)C(C)CCC)N([C@@H](CO)[C@@H](C)CC)C(=O)[C@H]13. The lowest BCUT2D eigenvalue weighted by Gasteiger charge is -2.42. The fourth-order valence-corrected chi connectivity index (χ4v) is 6.66. The molecular formula is C29H46N2O6. The molecule has 3 rings (SSSR count). The van der Waals surface area contributed by atoms with E-state index in [0.29, 0.717) is 25.8 Å². The normalized spacial score (nSPS) is 30.5. The summed E-state index contributed by atoms with van der Waals surface area (Å²) in [6.07, 6.45) is 7.99. The van der Waals surface area contributed by atoms with Crippen molar-refractivity contribution in [2.45, 2.75) is 102 Å². The van der Waals surface area contributed by atoms with Crippen LogP contribution in [0.4, 0.5) is 0 Å². The topological polar surface area (TPSA) is 96.4 Å². The van der Waals surface area contributed by atoms with Crippen LogP contribution in [-0.2, 0) is 23.9 Å². The van der Waals surface area contributed by atoms with E-state index in [2.05, 4.69) is 20.1 Å². The molecule has 208 valence electrons. The summed E-state index contributed by atoms with van der Waals surface area (Å²) in [5.41, 5.74) is -1.10. The summed E-state index contributed by atoms with van der Waals surface area (Å²) in [4.78, 5) is 45.2. The molecule has 0 aromatic carbocycles. The van der Waals surface area contributed by atoms with E-state index in [0.717, 1.165) is 25.7 Å². The lowest BCUT2D eigenvalue weighted by Crippen LogP contribution is -2.60. The first kappa shape index (κ1) is 29.4. The molecule has 0 radical (unpaired) electrons. The van der Waals surface area contributed by atoms with Crippen LogP contribution in [0.3, 0.4) is 0 Å². The van der Waals surface area contributed by atoms with Crippen LogP contribution in [0.1, 0.15) is 72.6 Å². The maximum atomic E-state index is 14.4. The first-order valence-electron chi connectivity index (χ1n) is 14.0. The van der Waals surface area contributed by atoms with Gasteiger partial charge in [0.05, 0.1) is 37.2 Å². The van der Waals surface area contributed by atoms with E-state index in [1.54, 1.807) is 22.0 Å². The van der Waals surface area contributed by atoms with Crippen LogP contribution in [-0.4, -0.2) is 82.3 Å². The van der Waals surface area contributed by atoms with Crippen LogP contribution in [0.15, 0.2) is 25.3 Å². The fourth-order valence-electron chi connectivity index (χ4n) is 6.66. The van der Waals surface area contributed by atoms with Crippen molar-refractivity contribution >= 4 is 17.8 Å². The maximum absolute atomic E-state index is 14.4. The zero-order valence-electron chi connectivity index (χ0n) is 23.1. The highest BCUT2D eigenvalue weighted by molar-refractivity contribution is 5.98. The Balaban J connectivity index is 2.04. The second-order valence-electron chi connectivity index (χ2n) is 11.0. The van der Waals surface area contributed by atoms with Gasteiger partial charge in [-0.2, -0.15) is 0 Å². The van der Waals surface area contributed by atoms with E-state index in [-0.39, 0.29) is 37.0 Å². The number of amides is 2. The van der Waals surface area contributed by atoms with E-state index in [9.17, 15) is 19.5 Å². The number of likely N-dealkylation sites (tertiary alicyclic amines) is 1. The van der Waals surface area contributed by atoms with Gasteiger partial charge < -0.3 is 24.4 Å². The molecule has 8 nitrogen and oxygen atoms in total. The van der Waals surface area contributed by atoms with E-state index >= 15 is 0 Å². The number of aliphatic hydroxyl groups is 1. The average Bonchev–Trinajstić information content (AvgIpc) is 3.53. The molecule has 3 aliphatic rings. The molecule has 8 heteroatoms. The van der Waals surface area contributed by atoms with Crippen molar-refractivity contribution in [2.24, 2.45) is 17.8 Å². The lowest BCUT2D eigenvalue weighted by molar-refractivity contribution is -0.157. The van der Waals surface area contributed by atoms with Crippen molar-refractivity contribution in [2.75, 3.05) is 19.8 Å². The highest BCUT2D eigenvalue weighted by atomic mass is 16.6. The van der Waals surface area contributed by atoms with Crippen LogP contribution >= 0.6 is 0 Å². The van der Waals surface area contributed by atoms with Crippen LogP contribution in [0, 0.1) is 17.8 Å². The number of nitrogens with zero attached hydrogens (tertiary/aromatic N) is 2. The highest BCUT2D eigenvalue weighted by Gasteiger charge is 2.75. The minimum atomic E-state index is -1.10. The molecule has 1 N–H and O–H groups in total. The molecule has 8 atom stereocenters. The predicted molar refractivity (Wildman–Crippen MR) is 141 cm³/mol. The molecule has 3 heterocycles. The van der Waals surface area contributed by atoms with Gasteiger partial charge in [0, 0.05) is 12.6 Å². The third kappa shape index (κ3) is 5.24. The highest BCUT2D eigenvalue weighted by Crippen LogP contribution is 2.59. The van der Waals surface area contributed by atoms with Gasteiger partial charge in [-0.25, -0.2) is 0 Å². The number of carbonyl (C=O) groups excluding carboxylic acids is 3.